The minimum absolute atomic E-state index is 0.208. The van der Waals surface area contributed by atoms with E-state index in [2.05, 4.69) is 15.2 Å². The number of carbonyl (C=O) groups is 3. The van der Waals surface area contributed by atoms with E-state index in [4.69, 9.17) is 4.74 Å². The first-order chi connectivity index (χ1) is 14.3. The molecule has 0 spiro atoms. The lowest BCUT2D eigenvalue weighted by Crippen LogP contribution is -2.21. The maximum atomic E-state index is 12.3. The molecule has 0 radical (unpaired) electrons. The second-order valence-corrected chi connectivity index (χ2v) is 6.88. The summed E-state index contributed by atoms with van der Waals surface area (Å²) in [6.45, 7) is 5.01. The van der Waals surface area contributed by atoms with Gasteiger partial charge < -0.3 is 19.9 Å². The molecular formula is C23H23N3O4. The van der Waals surface area contributed by atoms with Gasteiger partial charge >= 0.3 is 5.97 Å². The molecule has 0 atom stereocenters. The van der Waals surface area contributed by atoms with Gasteiger partial charge in [-0.1, -0.05) is 6.07 Å². The molecule has 2 amide bonds. The van der Waals surface area contributed by atoms with Crippen LogP contribution < -0.4 is 10.6 Å². The Bertz CT molecular complexity index is 1060. The van der Waals surface area contributed by atoms with E-state index in [1.807, 2.05) is 38.1 Å². The van der Waals surface area contributed by atoms with Crippen LogP contribution in [0.5, 0.6) is 0 Å². The van der Waals surface area contributed by atoms with Crippen molar-refractivity contribution >= 4 is 29.2 Å². The van der Waals surface area contributed by atoms with Crippen LogP contribution in [0.3, 0.4) is 0 Å². The molecule has 0 aliphatic rings. The van der Waals surface area contributed by atoms with Crippen molar-refractivity contribution in [3.63, 3.8) is 0 Å². The third kappa shape index (κ3) is 5.14. The summed E-state index contributed by atoms with van der Waals surface area (Å²) in [4.78, 5) is 35.5. The number of anilines is 2. The molecule has 0 fully saturated rings. The first-order valence-corrected chi connectivity index (χ1v) is 9.43. The van der Waals surface area contributed by atoms with Gasteiger partial charge in [0.05, 0.1) is 5.56 Å². The molecule has 7 nitrogen and oxygen atoms in total. The van der Waals surface area contributed by atoms with Gasteiger partial charge in [0.15, 0.2) is 6.61 Å². The molecule has 0 saturated carbocycles. The quantitative estimate of drug-likeness (QED) is 0.610. The Kier molecular flexibility index (Phi) is 6.32. The van der Waals surface area contributed by atoms with Crippen molar-refractivity contribution in [3.05, 3.63) is 77.6 Å². The number of ether oxygens (including phenoxy) is 1. The zero-order valence-electron chi connectivity index (χ0n) is 17.1. The Morgan fingerprint density at radius 2 is 1.47 bits per heavy atom. The van der Waals surface area contributed by atoms with Gasteiger partial charge in [0, 0.05) is 35.4 Å². The Balaban J connectivity index is 1.56. The molecule has 0 bridgehead atoms. The summed E-state index contributed by atoms with van der Waals surface area (Å²) in [7, 11) is 0. The highest BCUT2D eigenvalue weighted by Gasteiger charge is 2.12. The summed E-state index contributed by atoms with van der Waals surface area (Å²) in [6.07, 6.45) is 0. The molecule has 7 heteroatoms. The maximum absolute atomic E-state index is 12.3. The summed E-state index contributed by atoms with van der Waals surface area (Å²) < 4.78 is 7.19. The van der Waals surface area contributed by atoms with E-state index < -0.39 is 18.5 Å². The van der Waals surface area contributed by atoms with Gasteiger partial charge in [0.25, 0.3) is 5.91 Å². The van der Waals surface area contributed by atoms with Gasteiger partial charge in [0.1, 0.15) is 0 Å². The third-order valence-corrected chi connectivity index (χ3v) is 4.43. The molecular weight excluding hydrogens is 382 g/mol. The molecule has 2 N–H and O–H groups in total. The van der Waals surface area contributed by atoms with Gasteiger partial charge in [-0.3, -0.25) is 9.59 Å². The highest BCUT2D eigenvalue weighted by atomic mass is 16.5. The van der Waals surface area contributed by atoms with Crippen molar-refractivity contribution in [2.24, 2.45) is 0 Å². The summed E-state index contributed by atoms with van der Waals surface area (Å²) in [5.74, 6) is -1.26. The minimum atomic E-state index is -0.579. The number of carbonyl (C=O) groups excluding carboxylic acids is 3. The third-order valence-electron chi connectivity index (χ3n) is 4.43. The van der Waals surface area contributed by atoms with Crippen molar-refractivity contribution in [3.8, 4) is 5.69 Å². The Labute approximate surface area is 174 Å². The Morgan fingerprint density at radius 1 is 0.867 bits per heavy atom. The number of aromatic nitrogens is 1. The Morgan fingerprint density at radius 3 is 2.07 bits per heavy atom. The van der Waals surface area contributed by atoms with Gasteiger partial charge in [-0.2, -0.15) is 0 Å². The van der Waals surface area contributed by atoms with Gasteiger partial charge in [0.2, 0.25) is 5.91 Å². The summed E-state index contributed by atoms with van der Waals surface area (Å²) >= 11 is 0. The number of aryl methyl sites for hydroxylation is 2. The normalized spacial score (nSPS) is 10.4. The van der Waals surface area contributed by atoms with E-state index in [1.54, 1.807) is 36.4 Å². The van der Waals surface area contributed by atoms with E-state index in [0.29, 0.717) is 16.9 Å². The number of hydrogen-bond donors (Lipinski definition) is 2. The van der Waals surface area contributed by atoms with Crippen LogP contribution in [0.4, 0.5) is 11.4 Å². The SMILES string of the molecule is CC(=O)Nc1cccc(NC(=O)COC(=O)c2ccc(-n3c(C)ccc3C)cc2)c1. The molecule has 0 unspecified atom stereocenters. The number of hydrogen-bond acceptors (Lipinski definition) is 4. The van der Waals surface area contributed by atoms with Crippen LogP contribution in [-0.4, -0.2) is 29.0 Å². The predicted octanol–water partition coefficient (Wildman–Crippen LogP) is 3.85. The monoisotopic (exact) mass is 405 g/mol. The zero-order valence-corrected chi connectivity index (χ0v) is 17.1. The molecule has 3 aromatic rings. The van der Waals surface area contributed by atoms with Crippen molar-refractivity contribution < 1.29 is 19.1 Å². The maximum Gasteiger partial charge on any atom is 0.338 e. The molecule has 0 aliphatic heterocycles. The Hall–Kier alpha value is -3.87. The van der Waals surface area contributed by atoms with Gasteiger partial charge in [-0.15, -0.1) is 0 Å². The molecule has 2 aromatic carbocycles. The second-order valence-electron chi connectivity index (χ2n) is 6.88. The highest BCUT2D eigenvalue weighted by Crippen LogP contribution is 2.18. The topological polar surface area (TPSA) is 89.4 Å². The van der Waals surface area contributed by atoms with Gasteiger partial charge in [-0.05, 0) is 68.4 Å². The zero-order chi connectivity index (χ0) is 21.7. The predicted molar refractivity (Wildman–Crippen MR) is 115 cm³/mol. The minimum Gasteiger partial charge on any atom is -0.452 e. The van der Waals surface area contributed by atoms with Crippen molar-refractivity contribution in [1.29, 1.82) is 0 Å². The van der Waals surface area contributed by atoms with Crippen LogP contribution >= 0.6 is 0 Å². The fourth-order valence-electron chi connectivity index (χ4n) is 3.11. The molecule has 154 valence electrons. The first kappa shape index (κ1) is 20.9. The average Bonchev–Trinajstić information content (AvgIpc) is 3.04. The molecule has 0 saturated heterocycles. The van der Waals surface area contributed by atoms with E-state index in [0.717, 1.165) is 17.1 Å². The average molecular weight is 405 g/mol. The van der Waals surface area contributed by atoms with Crippen molar-refractivity contribution in [2.75, 3.05) is 17.2 Å². The fraction of sp³-hybridized carbons (Fsp3) is 0.174. The number of nitrogens with zero attached hydrogens (tertiary/aromatic N) is 1. The van der Waals surface area contributed by atoms with E-state index in [-0.39, 0.29) is 5.91 Å². The van der Waals surface area contributed by atoms with Gasteiger partial charge in [-0.25, -0.2) is 4.79 Å². The number of benzene rings is 2. The fourth-order valence-corrected chi connectivity index (χ4v) is 3.11. The lowest BCUT2D eigenvalue weighted by Gasteiger charge is -2.11. The lowest BCUT2D eigenvalue weighted by atomic mass is 10.2. The van der Waals surface area contributed by atoms with Crippen LogP contribution in [0, 0.1) is 13.8 Å². The van der Waals surface area contributed by atoms with E-state index in [9.17, 15) is 14.4 Å². The van der Waals surface area contributed by atoms with Crippen LogP contribution in [0.2, 0.25) is 0 Å². The van der Waals surface area contributed by atoms with Crippen LogP contribution in [0.1, 0.15) is 28.7 Å². The summed E-state index contributed by atoms with van der Waals surface area (Å²) in [5, 5.41) is 5.27. The molecule has 1 aromatic heterocycles. The standard InChI is InChI=1S/C23H23N3O4/c1-15-7-8-16(2)26(15)21-11-9-18(10-12-21)23(29)30-14-22(28)25-20-6-4-5-19(13-20)24-17(3)27/h4-13H,14H2,1-3H3,(H,24,27)(H,25,28). The van der Waals surface area contributed by atoms with Crippen LogP contribution in [0.25, 0.3) is 5.69 Å². The second kappa shape index (κ2) is 9.09. The summed E-state index contributed by atoms with van der Waals surface area (Å²) in [6, 6.07) is 17.8. The molecule has 3 rings (SSSR count). The first-order valence-electron chi connectivity index (χ1n) is 9.43. The molecule has 30 heavy (non-hydrogen) atoms. The summed E-state index contributed by atoms with van der Waals surface area (Å²) in [5.41, 5.74) is 4.56. The smallest absolute Gasteiger partial charge is 0.338 e. The lowest BCUT2D eigenvalue weighted by molar-refractivity contribution is -0.119. The van der Waals surface area contributed by atoms with Crippen molar-refractivity contribution in [2.45, 2.75) is 20.8 Å². The number of esters is 1. The van der Waals surface area contributed by atoms with Crippen LogP contribution in [-0.2, 0) is 14.3 Å². The van der Waals surface area contributed by atoms with Crippen molar-refractivity contribution in [1.82, 2.24) is 4.57 Å². The number of nitrogens with one attached hydrogen (secondary N) is 2. The highest BCUT2D eigenvalue weighted by molar-refractivity contribution is 5.96. The number of amides is 2. The molecule has 0 aliphatic carbocycles. The number of rotatable bonds is 6. The van der Waals surface area contributed by atoms with Crippen LogP contribution in [0.15, 0.2) is 60.7 Å². The van der Waals surface area contributed by atoms with E-state index in [1.165, 1.54) is 6.92 Å². The molecule has 1 heterocycles. The van der Waals surface area contributed by atoms with E-state index >= 15 is 0 Å². The largest absolute Gasteiger partial charge is 0.452 e.